The van der Waals surface area contributed by atoms with Crippen molar-refractivity contribution >= 4 is 46.7 Å². The van der Waals surface area contributed by atoms with E-state index in [1.165, 1.54) is 24.3 Å². The molecule has 0 spiro atoms. The van der Waals surface area contributed by atoms with Crippen LogP contribution in [0.1, 0.15) is 59.4 Å². The third kappa shape index (κ3) is 6.02. The van der Waals surface area contributed by atoms with Gasteiger partial charge in [-0.25, -0.2) is 14.5 Å². The number of para-hydroxylation sites is 1. The first kappa shape index (κ1) is 27.6. The number of halogens is 1. The average Bonchev–Trinajstić information content (AvgIpc) is 3.14. The fourth-order valence-electron chi connectivity index (χ4n) is 3.88. The van der Waals surface area contributed by atoms with Crippen LogP contribution < -0.4 is 15.0 Å². The van der Waals surface area contributed by atoms with Gasteiger partial charge in [-0.3, -0.25) is 9.59 Å². The summed E-state index contributed by atoms with van der Waals surface area (Å²) in [4.78, 5) is 52.2. The van der Waals surface area contributed by atoms with E-state index in [0.717, 1.165) is 10.5 Å². The number of benzene rings is 3. The van der Waals surface area contributed by atoms with Gasteiger partial charge in [-0.2, -0.15) is 0 Å². The van der Waals surface area contributed by atoms with E-state index in [1.54, 1.807) is 30.3 Å². The molecule has 0 fully saturated rings. The van der Waals surface area contributed by atoms with E-state index in [4.69, 9.17) is 21.1 Å². The molecule has 1 aliphatic rings. The quantitative estimate of drug-likeness (QED) is 0.198. The van der Waals surface area contributed by atoms with Gasteiger partial charge in [0.1, 0.15) is 16.5 Å². The van der Waals surface area contributed by atoms with Crippen LogP contribution in [0.15, 0.2) is 83.5 Å². The standard InChI is InChI=1S/C30H27ClN2O6/c1-4-16-38-30(37)23-10-5-6-11-24(23)33-27(34)25(31)26(28(33)35)32-21-14-12-19(13-15-21)29(36)39-22-9-7-8-20(17-22)18(2)3/h5-15,17-18,32H,4,16H2,1-3H3. The molecule has 200 valence electrons. The minimum Gasteiger partial charge on any atom is -0.462 e. The highest BCUT2D eigenvalue weighted by atomic mass is 35.5. The summed E-state index contributed by atoms with van der Waals surface area (Å²) in [5.41, 5.74) is 1.75. The van der Waals surface area contributed by atoms with Gasteiger partial charge in [0.25, 0.3) is 11.8 Å². The number of amides is 2. The summed E-state index contributed by atoms with van der Waals surface area (Å²) in [6, 6.07) is 19.7. The molecular formula is C30H27ClN2O6. The van der Waals surface area contributed by atoms with E-state index in [2.05, 4.69) is 19.2 Å². The molecule has 0 unspecified atom stereocenters. The fourth-order valence-corrected chi connectivity index (χ4v) is 4.09. The minimum absolute atomic E-state index is 0.0696. The Morgan fingerprint density at radius 2 is 1.64 bits per heavy atom. The number of carbonyl (C=O) groups excluding carboxylic acids is 4. The summed E-state index contributed by atoms with van der Waals surface area (Å²) < 4.78 is 10.7. The summed E-state index contributed by atoms with van der Waals surface area (Å²) in [6.07, 6.45) is 0.624. The Morgan fingerprint density at radius 3 is 2.33 bits per heavy atom. The number of hydrogen-bond acceptors (Lipinski definition) is 7. The Labute approximate surface area is 231 Å². The normalized spacial score (nSPS) is 13.2. The van der Waals surface area contributed by atoms with Crippen molar-refractivity contribution in [2.75, 3.05) is 16.8 Å². The molecule has 0 saturated carbocycles. The van der Waals surface area contributed by atoms with Gasteiger partial charge in [0, 0.05) is 5.69 Å². The summed E-state index contributed by atoms with van der Waals surface area (Å²) in [6.45, 7) is 6.16. The van der Waals surface area contributed by atoms with Crippen LogP contribution in [-0.4, -0.2) is 30.4 Å². The van der Waals surface area contributed by atoms with Gasteiger partial charge in [-0.1, -0.05) is 56.6 Å². The highest BCUT2D eigenvalue weighted by Crippen LogP contribution is 2.32. The lowest BCUT2D eigenvalue weighted by molar-refractivity contribution is -0.120. The van der Waals surface area contributed by atoms with E-state index in [-0.39, 0.29) is 28.6 Å². The van der Waals surface area contributed by atoms with Crippen LogP contribution >= 0.6 is 11.6 Å². The molecule has 3 aromatic rings. The maximum atomic E-state index is 13.2. The molecule has 0 radical (unpaired) electrons. The summed E-state index contributed by atoms with van der Waals surface area (Å²) >= 11 is 6.26. The number of ether oxygens (including phenoxy) is 2. The molecule has 0 saturated heterocycles. The number of nitrogens with zero attached hydrogens (tertiary/aromatic N) is 1. The Balaban J connectivity index is 1.49. The largest absolute Gasteiger partial charge is 0.462 e. The number of carbonyl (C=O) groups is 4. The lowest BCUT2D eigenvalue weighted by Crippen LogP contribution is -2.33. The van der Waals surface area contributed by atoms with E-state index < -0.39 is 23.8 Å². The van der Waals surface area contributed by atoms with E-state index >= 15 is 0 Å². The Hall–Kier alpha value is -4.43. The van der Waals surface area contributed by atoms with Crippen LogP contribution in [-0.2, 0) is 14.3 Å². The zero-order valence-corrected chi connectivity index (χ0v) is 22.5. The smallest absolute Gasteiger partial charge is 0.343 e. The molecular weight excluding hydrogens is 520 g/mol. The van der Waals surface area contributed by atoms with Crippen molar-refractivity contribution in [3.63, 3.8) is 0 Å². The lowest BCUT2D eigenvalue weighted by atomic mass is 10.0. The van der Waals surface area contributed by atoms with Crippen LogP contribution in [0.5, 0.6) is 5.75 Å². The fraction of sp³-hybridized carbons (Fsp3) is 0.200. The van der Waals surface area contributed by atoms with Gasteiger partial charge >= 0.3 is 11.9 Å². The van der Waals surface area contributed by atoms with Crippen molar-refractivity contribution in [2.45, 2.75) is 33.1 Å². The molecule has 4 rings (SSSR count). The second kappa shape index (κ2) is 12.0. The van der Waals surface area contributed by atoms with Gasteiger partial charge in [-0.05, 0) is 66.4 Å². The molecule has 3 aromatic carbocycles. The number of nitrogens with one attached hydrogen (secondary N) is 1. The van der Waals surface area contributed by atoms with E-state index in [9.17, 15) is 19.2 Å². The predicted molar refractivity (Wildman–Crippen MR) is 148 cm³/mol. The van der Waals surface area contributed by atoms with Crippen molar-refractivity contribution < 1.29 is 28.7 Å². The van der Waals surface area contributed by atoms with Crippen molar-refractivity contribution in [2.24, 2.45) is 0 Å². The van der Waals surface area contributed by atoms with Gasteiger partial charge in [-0.15, -0.1) is 0 Å². The van der Waals surface area contributed by atoms with Crippen molar-refractivity contribution in [3.05, 3.63) is 100 Å². The van der Waals surface area contributed by atoms with E-state index in [0.29, 0.717) is 29.3 Å². The topological polar surface area (TPSA) is 102 Å². The van der Waals surface area contributed by atoms with Gasteiger partial charge < -0.3 is 14.8 Å². The Morgan fingerprint density at radius 1 is 0.923 bits per heavy atom. The van der Waals surface area contributed by atoms with Crippen molar-refractivity contribution in [3.8, 4) is 5.75 Å². The van der Waals surface area contributed by atoms with Gasteiger partial charge in [0.2, 0.25) is 0 Å². The number of imide groups is 1. The van der Waals surface area contributed by atoms with E-state index in [1.807, 2.05) is 25.1 Å². The summed E-state index contributed by atoms with van der Waals surface area (Å²) in [5, 5.41) is 2.53. The zero-order chi connectivity index (χ0) is 28.1. The summed E-state index contributed by atoms with van der Waals surface area (Å²) in [7, 11) is 0. The van der Waals surface area contributed by atoms with Gasteiger partial charge in [0.15, 0.2) is 0 Å². The number of anilines is 2. The predicted octanol–water partition coefficient (Wildman–Crippen LogP) is 6.03. The van der Waals surface area contributed by atoms with Crippen molar-refractivity contribution in [1.82, 2.24) is 0 Å². The molecule has 1 heterocycles. The maximum absolute atomic E-state index is 13.2. The second-order valence-corrected chi connectivity index (χ2v) is 9.48. The van der Waals surface area contributed by atoms with Crippen LogP contribution in [0.25, 0.3) is 0 Å². The molecule has 0 aliphatic carbocycles. The average molecular weight is 547 g/mol. The molecule has 0 atom stereocenters. The second-order valence-electron chi connectivity index (χ2n) is 9.11. The van der Waals surface area contributed by atoms with Crippen LogP contribution in [0, 0.1) is 0 Å². The third-order valence-corrected chi connectivity index (χ3v) is 6.31. The first-order chi connectivity index (χ1) is 18.7. The highest BCUT2D eigenvalue weighted by molar-refractivity contribution is 6.53. The minimum atomic E-state index is -0.774. The molecule has 8 nitrogen and oxygen atoms in total. The molecule has 9 heteroatoms. The number of esters is 2. The SMILES string of the molecule is CCCOC(=O)c1ccccc1N1C(=O)C(Cl)=C(Nc2ccc(C(=O)Oc3cccc(C(C)C)c3)cc2)C1=O. The zero-order valence-electron chi connectivity index (χ0n) is 21.7. The first-order valence-electron chi connectivity index (χ1n) is 12.4. The Bertz CT molecular complexity index is 1460. The summed E-state index contributed by atoms with van der Waals surface area (Å²) in [5.74, 6) is -1.95. The van der Waals surface area contributed by atoms with Crippen LogP contribution in [0.4, 0.5) is 11.4 Å². The molecule has 0 bridgehead atoms. The Kier molecular flexibility index (Phi) is 8.46. The molecule has 1 N–H and O–H groups in total. The molecule has 2 amide bonds. The molecule has 39 heavy (non-hydrogen) atoms. The van der Waals surface area contributed by atoms with Crippen LogP contribution in [0.3, 0.4) is 0 Å². The van der Waals surface area contributed by atoms with Gasteiger partial charge in [0.05, 0.1) is 23.4 Å². The van der Waals surface area contributed by atoms with Crippen molar-refractivity contribution in [1.29, 1.82) is 0 Å². The van der Waals surface area contributed by atoms with Crippen LogP contribution in [0.2, 0.25) is 0 Å². The first-order valence-corrected chi connectivity index (χ1v) is 12.8. The molecule has 0 aromatic heterocycles. The number of rotatable bonds is 9. The monoisotopic (exact) mass is 546 g/mol. The highest BCUT2D eigenvalue weighted by Gasteiger charge is 2.40. The third-order valence-electron chi connectivity index (χ3n) is 5.95. The number of hydrogen-bond donors (Lipinski definition) is 1. The lowest BCUT2D eigenvalue weighted by Gasteiger charge is -2.18. The molecule has 1 aliphatic heterocycles. The maximum Gasteiger partial charge on any atom is 0.343 e.